The Bertz CT molecular complexity index is 525. The van der Waals surface area contributed by atoms with E-state index in [1.165, 1.54) is 0 Å². The Morgan fingerprint density at radius 1 is 1.48 bits per heavy atom. The molecular weight excluding hydrogens is 288 g/mol. The Morgan fingerprint density at radius 2 is 2.19 bits per heavy atom. The smallest absolute Gasteiger partial charge is 0.237 e. The van der Waals surface area contributed by atoms with Gasteiger partial charge < -0.3 is 15.4 Å². The number of amides is 1. The highest BCUT2D eigenvalue weighted by molar-refractivity contribution is 6.30. The van der Waals surface area contributed by atoms with Gasteiger partial charge in [-0.1, -0.05) is 11.6 Å². The third kappa shape index (κ3) is 4.61. The molecule has 0 saturated heterocycles. The lowest BCUT2D eigenvalue weighted by atomic mass is 10.1. The fourth-order valence-corrected chi connectivity index (χ4v) is 2.48. The molecular formula is C16H23ClN2O2. The summed E-state index contributed by atoms with van der Waals surface area (Å²) in [5, 5.41) is 6.91. The summed E-state index contributed by atoms with van der Waals surface area (Å²) in [6.07, 6.45) is 0.861. The van der Waals surface area contributed by atoms with Crippen molar-refractivity contribution in [2.45, 2.75) is 51.8 Å². The third-order valence-corrected chi connectivity index (χ3v) is 3.54. The second kappa shape index (κ2) is 6.24. The van der Waals surface area contributed by atoms with E-state index >= 15 is 0 Å². The Hall–Kier alpha value is -1.26. The molecule has 2 rings (SSSR count). The Kier molecular flexibility index (Phi) is 4.79. The van der Waals surface area contributed by atoms with Crippen molar-refractivity contribution in [1.29, 1.82) is 0 Å². The first-order valence-corrected chi connectivity index (χ1v) is 7.63. The summed E-state index contributed by atoms with van der Waals surface area (Å²) >= 11 is 5.98. The van der Waals surface area contributed by atoms with Crippen LogP contribution in [-0.4, -0.2) is 30.1 Å². The van der Waals surface area contributed by atoms with Crippen LogP contribution in [0.5, 0.6) is 5.75 Å². The Morgan fingerprint density at radius 3 is 2.86 bits per heavy atom. The van der Waals surface area contributed by atoms with Crippen molar-refractivity contribution < 1.29 is 9.53 Å². The summed E-state index contributed by atoms with van der Waals surface area (Å²) < 4.78 is 5.84. The molecule has 0 aliphatic carbocycles. The molecule has 1 aromatic rings. The van der Waals surface area contributed by atoms with Gasteiger partial charge in [0, 0.05) is 23.5 Å². The zero-order valence-electron chi connectivity index (χ0n) is 13.0. The molecule has 1 aliphatic rings. The van der Waals surface area contributed by atoms with Crippen LogP contribution in [0.1, 0.15) is 33.3 Å². The minimum Gasteiger partial charge on any atom is -0.488 e. The molecule has 21 heavy (non-hydrogen) atoms. The van der Waals surface area contributed by atoms with E-state index in [0.717, 1.165) is 22.8 Å². The molecule has 0 radical (unpaired) electrons. The summed E-state index contributed by atoms with van der Waals surface area (Å²) in [6, 6.07) is 5.41. The van der Waals surface area contributed by atoms with Gasteiger partial charge in [-0.25, -0.2) is 0 Å². The van der Waals surface area contributed by atoms with Gasteiger partial charge in [-0.3, -0.25) is 4.79 Å². The molecule has 1 aromatic carbocycles. The van der Waals surface area contributed by atoms with Crippen molar-refractivity contribution in [3.8, 4) is 5.75 Å². The maximum Gasteiger partial charge on any atom is 0.237 e. The molecule has 0 spiro atoms. The second-order valence-electron chi connectivity index (χ2n) is 6.57. The number of fused-ring (bicyclic) bond motifs is 1. The average molecular weight is 311 g/mol. The SMILES string of the molecule is CC(NCC1Cc2cc(Cl)ccc2O1)C(=O)NC(C)(C)C. The van der Waals surface area contributed by atoms with E-state index in [9.17, 15) is 4.79 Å². The van der Waals surface area contributed by atoms with Gasteiger partial charge in [0.1, 0.15) is 11.9 Å². The predicted octanol–water partition coefficient (Wildman–Crippen LogP) is 2.54. The molecule has 0 aromatic heterocycles. The quantitative estimate of drug-likeness (QED) is 0.898. The van der Waals surface area contributed by atoms with Crippen LogP contribution in [0, 0.1) is 0 Å². The van der Waals surface area contributed by atoms with E-state index in [1.54, 1.807) is 0 Å². The van der Waals surface area contributed by atoms with Crippen LogP contribution in [0.4, 0.5) is 0 Å². The van der Waals surface area contributed by atoms with Gasteiger partial charge >= 0.3 is 0 Å². The maximum absolute atomic E-state index is 12.0. The zero-order chi connectivity index (χ0) is 15.6. The number of hydrogen-bond donors (Lipinski definition) is 2. The molecule has 0 fully saturated rings. The van der Waals surface area contributed by atoms with Crippen molar-refractivity contribution in [2.24, 2.45) is 0 Å². The molecule has 2 N–H and O–H groups in total. The molecule has 2 unspecified atom stereocenters. The van der Waals surface area contributed by atoms with E-state index in [2.05, 4.69) is 10.6 Å². The van der Waals surface area contributed by atoms with Gasteiger partial charge in [-0.2, -0.15) is 0 Å². The van der Waals surface area contributed by atoms with Crippen molar-refractivity contribution in [3.63, 3.8) is 0 Å². The van der Waals surface area contributed by atoms with Crippen LogP contribution >= 0.6 is 11.6 Å². The first-order valence-electron chi connectivity index (χ1n) is 7.25. The summed E-state index contributed by atoms with van der Waals surface area (Å²) in [5.41, 5.74) is 0.908. The molecule has 1 amide bonds. The highest BCUT2D eigenvalue weighted by Gasteiger charge is 2.25. The van der Waals surface area contributed by atoms with Crippen molar-refractivity contribution in [2.75, 3.05) is 6.54 Å². The first kappa shape index (κ1) is 16.1. The van der Waals surface area contributed by atoms with Gasteiger partial charge in [0.25, 0.3) is 0 Å². The van der Waals surface area contributed by atoms with E-state index in [4.69, 9.17) is 16.3 Å². The van der Waals surface area contributed by atoms with Crippen LogP contribution in [0.25, 0.3) is 0 Å². The number of benzene rings is 1. The number of hydrogen-bond acceptors (Lipinski definition) is 3. The van der Waals surface area contributed by atoms with Gasteiger partial charge in [-0.15, -0.1) is 0 Å². The zero-order valence-corrected chi connectivity index (χ0v) is 13.8. The molecule has 1 heterocycles. The van der Waals surface area contributed by atoms with Crippen LogP contribution in [0.3, 0.4) is 0 Å². The lowest BCUT2D eigenvalue weighted by Crippen LogP contribution is -2.51. The lowest BCUT2D eigenvalue weighted by Gasteiger charge is -2.24. The summed E-state index contributed by atoms with van der Waals surface area (Å²) in [7, 11) is 0. The molecule has 0 saturated carbocycles. The van der Waals surface area contributed by atoms with Crippen molar-refractivity contribution in [3.05, 3.63) is 28.8 Å². The topological polar surface area (TPSA) is 50.4 Å². The Labute approximate surface area is 131 Å². The monoisotopic (exact) mass is 310 g/mol. The maximum atomic E-state index is 12.0. The summed E-state index contributed by atoms with van der Waals surface area (Å²) in [4.78, 5) is 12.0. The van der Waals surface area contributed by atoms with E-state index in [-0.39, 0.29) is 23.6 Å². The van der Waals surface area contributed by atoms with Gasteiger partial charge in [0.2, 0.25) is 5.91 Å². The molecule has 116 valence electrons. The minimum absolute atomic E-state index is 0.000977. The fourth-order valence-electron chi connectivity index (χ4n) is 2.28. The van der Waals surface area contributed by atoms with Crippen molar-refractivity contribution in [1.82, 2.24) is 10.6 Å². The van der Waals surface area contributed by atoms with Crippen LogP contribution < -0.4 is 15.4 Å². The standard InChI is InChI=1S/C16H23ClN2O2/c1-10(15(20)19-16(2,3)4)18-9-13-8-11-7-12(17)5-6-14(11)21-13/h5-7,10,13,18H,8-9H2,1-4H3,(H,19,20). The van der Waals surface area contributed by atoms with Gasteiger partial charge in [0.05, 0.1) is 6.04 Å². The van der Waals surface area contributed by atoms with E-state index in [1.807, 2.05) is 45.9 Å². The molecule has 4 nitrogen and oxygen atoms in total. The summed E-state index contributed by atoms with van der Waals surface area (Å²) in [6.45, 7) is 8.40. The molecule has 2 atom stereocenters. The van der Waals surface area contributed by atoms with Gasteiger partial charge in [-0.05, 0) is 51.5 Å². The van der Waals surface area contributed by atoms with Crippen LogP contribution in [0.15, 0.2) is 18.2 Å². The number of halogens is 1. The van der Waals surface area contributed by atoms with Crippen molar-refractivity contribution >= 4 is 17.5 Å². The number of carbonyl (C=O) groups excluding carboxylic acids is 1. The summed E-state index contributed by atoms with van der Waals surface area (Å²) in [5.74, 6) is 0.888. The third-order valence-electron chi connectivity index (χ3n) is 3.31. The van der Waals surface area contributed by atoms with Crippen LogP contribution in [0.2, 0.25) is 5.02 Å². The highest BCUT2D eigenvalue weighted by Crippen LogP contribution is 2.30. The average Bonchev–Trinajstić information content (AvgIpc) is 2.75. The van der Waals surface area contributed by atoms with E-state index < -0.39 is 0 Å². The Balaban J connectivity index is 1.81. The lowest BCUT2D eigenvalue weighted by molar-refractivity contribution is -0.124. The fraction of sp³-hybridized carbons (Fsp3) is 0.562. The molecule has 1 aliphatic heterocycles. The normalized spacial score (nSPS) is 18.8. The largest absolute Gasteiger partial charge is 0.488 e. The van der Waals surface area contributed by atoms with E-state index in [0.29, 0.717) is 6.54 Å². The second-order valence-corrected chi connectivity index (χ2v) is 7.00. The number of carbonyl (C=O) groups is 1. The molecule has 0 bridgehead atoms. The minimum atomic E-state index is -0.250. The van der Waals surface area contributed by atoms with Gasteiger partial charge in [0.15, 0.2) is 0 Å². The first-order chi connectivity index (χ1) is 9.74. The highest BCUT2D eigenvalue weighted by atomic mass is 35.5. The number of rotatable bonds is 4. The van der Waals surface area contributed by atoms with Crippen LogP contribution in [-0.2, 0) is 11.2 Å². The number of nitrogens with one attached hydrogen (secondary N) is 2. The molecule has 5 heteroatoms. The predicted molar refractivity (Wildman–Crippen MR) is 84.9 cm³/mol. The number of ether oxygens (including phenoxy) is 1.